The van der Waals surface area contributed by atoms with E-state index in [2.05, 4.69) is 26.2 Å². The van der Waals surface area contributed by atoms with Gasteiger partial charge >= 0.3 is 0 Å². The number of hydrogen-bond donors (Lipinski definition) is 2. The van der Waals surface area contributed by atoms with E-state index in [0.717, 1.165) is 29.7 Å². The highest BCUT2D eigenvalue weighted by Crippen LogP contribution is 2.19. The van der Waals surface area contributed by atoms with E-state index >= 15 is 0 Å². The second-order valence-electron chi connectivity index (χ2n) is 2.42. The van der Waals surface area contributed by atoms with E-state index in [1.165, 1.54) is 0 Å². The number of hydrogen-bond acceptors (Lipinski definition) is 3. The molecule has 3 nitrogen and oxygen atoms in total. The Morgan fingerprint density at radius 3 is 3.08 bits per heavy atom. The first-order valence-corrected chi connectivity index (χ1v) is 4.67. The lowest BCUT2D eigenvalue weighted by molar-refractivity contribution is 0.873. The predicted octanol–water partition coefficient (Wildman–Crippen LogP) is 1.60. The fourth-order valence-electron chi connectivity index (χ4n) is 0.844. The average Bonchev–Trinajstić information content (AvgIpc) is 2.09. The van der Waals surface area contributed by atoms with Gasteiger partial charge in [0, 0.05) is 18.9 Å². The summed E-state index contributed by atoms with van der Waals surface area (Å²) >= 11 is 3.39. The van der Waals surface area contributed by atoms with Gasteiger partial charge in [0.05, 0.1) is 10.2 Å². The molecular weight excluding hydrogens is 218 g/mol. The number of nitrogens with one attached hydrogen (secondary N) is 1. The van der Waals surface area contributed by atoms with Crippen LogP contribution in [0.15, 0.2) is 22.9 Å². The average molecular weight is 230 g/mol. The monoisotopic (exact) mass is 229 g/mol. The Morgan fingerprint density at radius 2 is 2.42 bits per heavy atom. The summed E-state index contributed by atoms with van der Waals surface area (Å²) < 4.78 is 0.988. The zero-order valence-electron chi connectivity index (χ0n) is 6.76. The molecule has 0 unspecified atom stereocenters. The van der Waals surface area contributed by atoms with Crippen LogP contribution < -0.4 is 11.1 Å². The lowest BCUT2D eigenvalue weighted by atomic mass is 10.3. The van der Waals surface area contributed by atoms with E-state index in [9.17, 15) is 0 Å². The molecule has 66 valence electrons. The van der Waals surface area contributed by atoms with Gasteiger partial charge in [0.25, 0.3) is 0 Å². The van der Waals surface area contributed by atoms with E-state index in [4.69, 9.17) is 5.73 Å². The Balaban J connectivity index is 2.46. The minimum absolute atomic E-state index is 0.718. The summed E-state index contributed by atoms with van der Waals surface area (Å²) in [7, 11) is 0. The van der Waals surface area contributed by atoms with Crippen LogP contribution in [0.25, 0.3) is 0 Å². The van der Waals surface area contributed by atoms with Crippen LogP contribution in [-0.4, -0.2) is 18.1 Å². The molecule has 0 atom stereocenters. The minimum atomic E-state index is 0.718. The Morgan fingerprint density at radius 1 is 1.58 bits per heavy atom. The minimum Gasteiger partial charge on any atom is -0.384 e. The Bertz CT molecular complexity index is 239. The van der Waals surface area contributed by atoms with Crippen molar-refractivity contribution in [2.75, 3.05) is 18.4 Å². The van der Waals surface area contributed by atoms with E-state index < -0.39 is 0 Å². The van der Waals surface area contributed by atoms with Crippen LogP contribution in [0.4, 0.5) is 5.69 Å². The number of aromatic nitrogens is 1. The normalized spacial score (nSPS) is 9.83. The van der Waals surface area contributed by atoms with Crippen LogP contribution in [0.5, 0.6) is 0 Å². The molecule has 0 aliphatic carbocycles. The van der Waals surface area contributed by atoms with Crippen LogP contribution >= 0.6 is 15.9 Å². The highest BCUT2D eigenvalue weighted by Gasteiger charge is 1.95. The third-order valence-electron chi connectivity index (χ3n) is 1.47. The zero-order valence-corrected chi connectivity index (χ0v) is 8.34. The van der Waals surface area contributed by atoms with Gasteiger partial charge in [-0.1, -0.05) is 0 Å². The molecule has 3 N–H and O–H groups in total. The Kier molecular flexibility index (Phi) is 4.04. The zero-order chi connectivity index (χ0) is 8.81. The first kappa shape index (κ1) is 9.48. The highest BCUT2D eigenvalue weighted by atomic mass is 79.9. The number of rotatable bonds is 4. The van der Waals surface area contributed by atoms with Gasteiger partial charge in [-0.15, -0.1) is 0 Å². The number of nitrogens with two attached hydrogens (primary N) is 1. The molecule has 0 aliphatic rings. The van der Waals surface area contributed by atoms with Crippen LogP contribution in [0, 0.1) is 0 Å². The van der Waals surface area contributed by atoms with Crippen LogP contribution in [-0.2, 0) is 0 Å². The summed E-state index contributed by atoms with van der Waals surface area (Å²) in [6.45, 7) is 1.62. The van der Waals surface area contributed by atoms with Crippen molar-refractivity contribution in [3.63, 3.8) is 0 Å². The smallest absolute Gasteiger partial charge is 0.0590 e. The topological polar surface area (TPSA) is 50.9 Å². The molecule has 12 heavy (non-hydrogen) atoms. The van der Waals surface area contributed by atoms with E-state index in [1.807, 2.05) is 6.07 Å². The maximum Gasteiger partial charge on any atom is 0.0590 e. The van der Waals surface area contributed by atoms with E-state index in [0.29, 0.717) is 0 Å². The number of nitrogens with zero attached hydrogens (tertiary/aromatic N) is 1. The van der Waals surface area contributed by atoms with Gasteiger partial charge in [-0.05, 0) is 35.0 Å². The molecule has 1 aromatic heterocycles. The summed E-state index contributed by atoms with van der Waals surface area (Å²) in [5.41, 5.74) is 6.43. The molecule has 1 aromatic rings. The molecule has 0 bridgehead atoms. The quantitative estimate of drug-likeness (QED) is 0.772. The molecule has 1 rings (SSSR count). The van der Waals surface area contributed by atoms with Gasteiger partial charge in [-0.2, -0.15) is 0 Å². The van der Waals surface area contributed by atoms with Gasteiger partial charge in [0.2, 0.25) is 0 Å². The molecule has 0 aliphatic heterocycles. The standard InChI is InChI=1S/C8H12BrN3/c9-7-6-11-5-2-8(7)12-4-1-3-10/h2,5-6H,1,3-4,10H2,(H,11,12). The Hall–Kier alpha value is -0.610. The van der Waals surface area contributed by atoms with Crippen molar-refractivity contribution >= 4 is 21.6 Å². The van der Waals surface area contributed by atoms with Crippen molar-refractivity contribution in [2.24, 2.45) is 5.73 Å². The first-order valence-electron chi connectivity index (χ1n) is 3.88. The molecule has 0 fully saturated rings. The summed E-state index contributed by atoms with van der Waals surface area (Å²) in [6, 6.07) is 1.93. The van der Waals surface area contributed by atoms with Gasteiger partial charge in [0.15, 0.2) is 0 Å². The predicted molar refractivity (Wildman–Crippen MR) is 54.1 cm³/mol. The highest BCUT2D eigenvalue weighted by molar-refractivity contribution is 9.10. The molecule has 0 spiro atoms. The molecule has 0 saturated carbocycles. The third kappa shape index (κ3) is 2.79. The molecule has 0 radical (unpaired) electrons. The van der Waals surface area contributed by atoms with Crippen molar-refractivity contribution < 1.29 is 0 Å². The first-order chi connectivity index (χ1) is 5.84. The number of anilines is 1. The van der Waals surface area contributed by atoms with Gasteiger partial charge in [-0.3, -0.25) is 4.98 Å². The second-order valence-corrected chi connectivity index (χ2v) is 3.28. The van der Waals surface area contributed by atoms with Crippen LogP contribution in [0.2, 0.25) is 0 Å². The summed E-state index contributed by atoms with van der Waals surface area (Å²) in [5, 5.41) is 3.25. The fourth-order valence-corrected chi connectivity index (χ4v) is 1.23. The van der Waals surface area contributed by atoms with E-state index in [1.54, 1.807) is 12.4 Å². The molecule has 4 heteroatoms. The van der Waals surface area contributed by atoms with Crippen molar-refractivity contribution in [1.29, 1.82) is 0 Å². The SMILES string of the molecule is NCCCNc1ccncc1Br. The summed E-state index contributed by atoms with van der Waals surface area (Å²) in [6.07, 6.45) is 4.51. The number of halogens is 1. The Labute approximate surface area is 80.5 Å². The number of pyridine rings is 1. The lowest BCUT2D eigenvalue weighted by Gasteiger charge is -2.05. The molecule has 0 amide bonds. The fraction of sp³-hybridized carbons (Fsp3) is 0.375. The van der Waals surface area contributed by atoms with Crippen molar-refractivity contribution in [2.45, 2.75) is 6.42 Å². The lowest BCUT2D eigenvalue weighted by Crippen LogP contribution is -2.08. The molecule has 0 saturated heterocycles. The summed E-state index contributed by atoms with van der Waals surface area (Å²) in [4.78, 5) is 3.96. The largest absolute Gasteiger partial charge is 0.384 e. The summed E-state index contributed by atoms with van der Waals surface area (Å²) in [5.74, 6) is 0. The van der Waals surface area contributed by atoms with Crippen molar-refractivity contribution in [3.8, 4) is 0 Å². The van der Waals surface area contributed by atoms with Crippen molar-refractivity contribution in [1.82, 2.24) is 4.98 Å². The van der Waals surface area contributed by atoms with Gasteiger partial charge < -0.3 is 11.1 Å². The van der Waals surface area contributed by atoms with E-state index in [-0.39, 0.29) is 0 Å². The van der Waals surface area contributed by atoms with Crippen molar-refractivity contribution in [3.05, 3.63) is 22.9 Å². The maximum absolute atomic E-state index is 5.37. The third-order valence-corrected chi connectivity index (χ3v) is 2.10. The van der Waals surface area contributed by atoms with Crippen LogP contribution in [0.3, 0.4) is 0 Å². The molecule has 0 aromatic carbocycles. The van der Waals surface area contributed by atoms with Crippen LogP contribution in [0.1, 0.15) is 6.42 Å². The maximum atomic E-state index is 5.37. The van der Waals surface area contributed by atoms with Gasteiger partial charge in [-0.25, -0.2) is 0 Å². The molecule has 1 heterocycles. The second kappa shape index (κ2) is 5.11. The van der Waals surface area contributed by atoms with Gasteiger partial charge in [0.1, 0.15) is 0 Å². The molecular formula is C8H12BrN3.